The molecule has 2 aromatic rings. The van der Waals surface area contributed by atoms with Gasteiger partial charge in [0.15, 0.2) is 0 Å². The Bertz CT molecular complexity index is 874. The van der Waals surface area contributed by atoms with E-state index in [9.17, 15) is 9.59 Å². The summed E-state index contributed by atoms with van der Waals surface area (Å²) in [5, 5.41) is 3.12. The maximum atomic E-state index is 13.1. The molecule has 2 amide bonds. The molecule has 28 heavy (non-hydrogen) atoms. The predicted octanol–water partition coefficient (Wildman–Crippen LogP) is 3.14. The molecule has 2 aromatic carbocycles. The molecule has 5 nitrogen and oxygen atoms in total. The van der Waals surface area contributed by atoms with Crippen molar-refractivity contribution >= 4 is 11.8 Å². The second kappa shape index (κ2) is 7.66. The van der Waals surface area contributed by atoms with Gasteiger partial charge in [0.1, 0.15) is 5.75 Å². The van der Waals surface area contributed by atoms with E-state index < -0.39 is 0 Å². The van der Waals surface area contributed by atoms with Crippen LogP contribution >= 0.6 is 0 Å². The van der Waals surface area contributed by atoms with E-state index in [0.29, 0.717) is 24.7 Å². The molecule has 2 fully saturated rings. The first kappa shape index (κ1) is 18.5. The van der Waals surface area contributed by atoms with Crippen LogP contribution in [-0.2, 0) is 4.79 Å². The van der Waals surface area contributed by atoms with Crippen molar-refractivity contribution < 1.29 is 14.3 Å². The van der Waals surface area contributed by atoms with Crippen LogP contribution < -0.4 is 10.1 Å². The van der Waals surface area contributed by atoms with Crippen LogP contribution in [0.1, 0.15) is 40.2 Å². The molecule has 0 unspecified atom stereocenters. The second-order valence-corrected chi connectivity index (χ2v) is 7.81. The molecule has 0 spiro atoms. The topological polar surface area (TPSA) is 58.6 Å². The van der Waals surface area contributed by atoms with Gasteiger partial charge in [-0.25, -0.2) is 0 Å². The maximum Gasteiger partial charge on any atom is 0.253 e. The highest BCUT2D eigenvalue weighted by Crippen LogP contribution is 2.38. The fraction of sp³-hybridized carbons (Fsp3) is 0.391. The maximum absolute atomic E-state index is 13.1. The summed E-state index contributed by atoms with van der Waals surface area (Å²) in [6, 6.07) is 15.7. The summed E-state index contributed by atoms with van der Waals surface area (Å²) >= 11 is 0. The third-order valence-corrected chi connectivity index (χ3v) is 5.70. The smallest absolute Gasteiger partial charge is 0.253 e. The minimum absolute atomic E-state index is 0.0263. The molecule has 1 saturated heterocycles. The van der Waals surface area contributed by atoms with E-state index in [2.05, 4.69) is 5.32 Å². The normalized spacial score (nSPS) is 21.4. The van der Waals surface area contributed by atoms with E-state index in [-0.39, 0.29) is 23.7 Å². The molecule has 1 aliphatic heterocycles. The SMILES string of the molecule is COc1ccccc1[C@H]1CN(C(=O)c2ccc(C)cc2)C[C@H]1C(=O)NC1CC1. The van der Waals surface area contributed by atoms with Gasteiger partial charge in [0.25, 0.3) is 5.91 Å². The molecule has 0 aromatic heterocycles. The first-order chi connectivity index (χ1) is 13.6. The number of aryl methyl sites for hydroxylation is 1. The zero-order valence-electron chi connectivity index (χ0n) is 16.4. The van der Waals surface area contributed by atoms with Crippen LogP contribution in [0, 0.1) is 12.8 Å². The Hall–Kier alpha value is -2.82. The number of methoxy groups -OCH3 is 1. The number of nitrogens with zero attached hydrogens (tertiary/aromatic N) is 1. The number of para-hydroxylation sites is 1. The number of nitrogens with one attached hydrogen (secondary N) is 1. The van der Waals surface area contributed by atoms with Crippen LogP contribution in [0.5, 0.6) is 5.75 Å². The third-order valence-electron chi connectivity index (χ3n) is 5.70. The molecule has 1 heterocycles. The van der Waals surface area contributed by atoms with Gasteiger partial charge in [-0.05, 0) is 43.5 Å². The summed E-state index contributed by atoms with van der Waals surface area (Å²) in [4.78, 5) is 27.8. The predicted molar refractivity (Wildman–Crippen MR) is 107 cm³/mol. The van der Waals surface area contributed by atoms with Gasteiger partial charge in [0.05, 0.1) is 13.0 Å². The van der Waals surface area contributed by atoms with Crippen LogP contribution in [-0.4, -0.2) is 43.0 Å². The van der Waals surface area contributed by atoms with Gasteiger partial charge >= 0.3 is 0 Å². The van der Waals surface area contributed by atoms with E-state index >= 15 is 0 Å². The minimum atomic E-state index is -0.272. The molecule has 1 aliphatic carbocycles. The zero-order chi connectivity index (χ0) is 19.7. The van der Waals surface area contributed by atoms with Crippen molar-refractivity contribution in [1.82, 2.24) is 10.2 Å². The standard InChI is InChI=1S/C23H26N2O3/c1-15-7-9-16(10-8-15)23(27)25-13-19(18-5-3-4-6-21(18)28-2)20(14-25)22(26)24-17-11-12-17/h3-10,17,19-20H,11-14H2,1-2H3,(H,24,26)/t19-,20-/m1/s1. The van der Waals surface area contributed by atoms with E-state index in [1.165, 1.54) is 0 Å². The average molecular weight is 378 g/mol. The Morgan fingerprint density at radius 2 is 1.75 bits per heavy atom. The summed E-state index contributed by atoms with van der Waals surface area (Å²) in [5.41, 5.74) is 2.76. The quantitative estimate of drug-likeness (QED) is 0.870. The highest BCUT2D eigenvalue weighted by molar-refractivity contribution is 5.95. The summed E-state index contributed by atoms with van der Waals surface area (Å²) in [6.07, 6.45) is 2.09. The third kappa shape index (κ3) is 3.75. The van der Waals surface area contributed by atoms with Gasteiger partial charge in [0.2, 0.25) is 5.91 Å². The minimum Gasteiger partial charge on any atom is -0.496 e. The van der Waals surface area contributed by atoms with E-state index in [4.69, 9.17) is 4.74 Å². The van der Waals surface area contributed by atoms with Crippen molar-refractivity contribution in [3.05, 3.63) is 65.2 Å². The van der Waals surface area contributed by atoms with Crippen molar-refractivity contribution in [3.8, 4) is 5.75 Å². The van der Waals surface area contributed by atoms with E-state index in [0.717, 1.165) is 29.7 Å². The molecule has 2 atom stereocenters. The summed E-state index contributed by atoms with van der Waals surface area (Å²) < 4.78 is 5.54. The van der Waals surface area contributed by atoms with Crippen molar-refractivity contribution in [1.29, 1.82) is 0 Å². The summed E-state index contributed by atoms with van der Waals surface area (Å²) in [6.45, 7) is 2.93. The van der Waals surface area contributed by atoms with Crippen molar-refractivity contribution in [3.63, 3.8) is 0 Å². The summed E-state index contributed by atoms with van der Waals surface area (Å²) in [7, 11) is 1.64. The first-order valence-electron chi connectivity index (χ1n) is 9.86. The molecule has 0 radical (unpaired) electrons. The van der Waals surface area contributed by atoms with Gasteiger partial charge in [-0.1, -0.05) is 35.9 Å². The summed E-state index contributed by atoms with van der Waals surface area (Å²) in [5.74, 6) is 0.427. The number of benzene rings is 2. The average Bonchev–Trinajstić information content (AvgIpc) is 3.41. The monoisotopic (exact) mass is 378 g/mol. The van der Waals surface area contributed by atoms with Crippen LogP contribution in [0.15, 0.2) is 48.5 Å². The molecule has 146 valence electrons. The molecular formula is C23H26N2O3. The Labute approximate surface area is 165 Å². The van der Waals surface area contributed by atoms with Gasteiger partial charge in [-0.15, -0.1) is 0 Å². The van der Waals surface area contributed by atoms with Gasteiger partial charge in [-0.3, -0.25) is 9.59 Å². The number of hydrogen-bond donors (Lipinski definition) is 1. The van der Waals surface area contributed by atoms with E-state index in [1.807, 2.05) is 55.5 Å². The van der Waals surface area contributed by atoms with Gasteiger partial charge < -0.3 is 15.0 Å². The van der Waals surface area contributed by atoms with Crippen molar-refractivity contribution in [2.75, 3.05) is 20.2 Å². The Kier molecular flexibility index (Phi) is 5.07. The molecule has 4 rings (SSSR count). The van der Waals surface area contributed by atoms with Gasteiger partial charge in [-0.2, -0.15) is 0 Å². The largest absolute Gasteiger partial charge is 0.496 e. The molecule has 1 saturated carbocycles. The van der Waals surface area contributed by atoms with Crippen LogP contribution in [0.25, 0.3) is 0 Å². The zero-order valence-corrected chi connectivity index (χ0v) is 16.4. The number of rotatable bonds is 5. The highest BCUT2D eigenvalue weighted by atomic mass is 16.5. The van der Waals surface area contributed by atoms with Crippen LogP contribution in [0.3, 0.4) is 0 Å². The van der Waals surface area contributed by atoms with Crippen molar-refractivity contribution in [2.24, 2.45) is 5.92 Å². The second-order valence-electron chi connectivity index (χ2n) is 7.81. The van der Waals surface area contributed by atoms with E-state index in [1.54, 1.807) is 12.0 Å². The first-order valence-corrected chi connectivity index (χ1v) is 9.86. The van der Waals surface area contributed by atoms with Gasteiger partial charge in [0, 0.05) is 30.6 Å². The number of ether oxygens (including phenoxy) is 1. The Morgan fingerprint density at radius 3 is 2.43 bits per heavy atom. The molecule has 0 bridgehead atoms. The number of amides is 2. The molecule has 5 heteroatoms. The van der Waals surface area contributed by atoms with Crippen molar-refractivity contribution in [2.45, 2.75) is 31.7 Å². The lowest BCUT2D eigenvalue weighted by molar-refractivity contribution is -0.125. The van der Waals surface area contributed by atoms with Crippen LogP contribution in [0.4, 0.5) is 0 Å². The number of carbonyl (C=O) groups excluding carboxylic acids is 2. The van der Waals surface area contributed by atoms with Crippen LogP contribution in [0.2, 0.25) is 0 Å². The fourth-order valence-corrected chi connectivity index (χ4v) is 3.94. The lowest BCUT2D eigenvalue weighted by atomic mass is 9.87. The number of likely N-dealkylation sites (tertiary alicyclic amines) is 1. The Morgan fingerprint density at radius 1 is 1.04 bits per heavy atom. The highest BCUT2D eigenvalue weighted by Gasteiger charge is 2.42. The number of carbonyl (C=O) groups is 2. The lowest BCUT2D eigenvalue weighted by Gasteiger charge is -2.20. The Balaban J connectivity index is 1.61. The molecular weight excluding hydrogens is 352 g/mol. The molecule has 1 N–H and O–H groups in total. The number of hydrogen-bond acceptors (Lipinski definition) is 3. The lowest BCUT2D eigenvalue weighted by Crippen LogP contribution is -2.36. The fourth-order valence-electron chi connectivity index (χ4n) is 3.94. The molecule has 2 aliphatic rings.